The predicted molar refractivity (Wildman–Crippen MR) is 68.8 cm³/mol. The van der Waals surface area contributed by atoms with E-state index < -0.39 is 6.10 Å². The molecule has 1 aromatic rings. The highest BCUT2D eigenvalue weighted by Gasteiger charge is 2.14. The third-order valence-electron chi connectivity index (χ3n) is 2.62. The van der Waals surface area contributed by atoms with Crippen LogP contribution in [0.5, 0.6) is 5.75 Å². The van der Waals surface area contributed by atoms with Crippen LogP contribution in [0.1, 0.15) is 45.8 Å². The van der Waals surface area contributed by atoms with Crippen molar-refractivity contribution in [3.63, 3.8) is 0 Å². The Bertz CT molecular complexity index is 284. The van der Waals surface area contributed by atoms with E-state index in [0.29, 0.717) is 0 Å². The van der Waals surface area contributed by atoms with Crippen molar-refractivity contribution >= 4 is 0 Å². The molecule has 0 radical (unpaired) electrons. The Labute approximate surface area is 99.3 Å². The zero-order valence-electron chi connectivity index (χ0n) is 11.0. The van der Waals surface area contributed by atoms with Crippen LogP contribution in [-0.4, -0.2) is 12.2 Å². The van der Waals surface area contributed by atoms with Crippen LogP contribution >= 0.6 is 0 Å². The number of aliphatic hydroxyl groups is 1. The second-order valence-electron chi connectivity index (χ2n) is 3.61. The third-order valence-corrected chi connectivity index (χ3v) is 2.62. The quantitative estimate of drug-likeness (QED) is 0.843. The van der Waals surface area contributed by atoms with Gasteiger partial charge in [0.15, 0.2) is 0 Å². The zero-order valence-corrected chi connectivity index (χ0v) is 11.0. The van der Waals surface area contributed by atoms with Gasteiger partial charge in [0, 0.05) is 0 Å². The van der Waals surface area contributed by atoms with Gasteiger partial charge in [0.1, 0.15) is 5.75 Å². The number of aliphatic hydroxyl groups excluding tert-OH is 1. The highest BCUT2D eigenvalue weighted by Crippen LogP contribution is 2.26. The molecule has 0 fully saturated rings. The van der Waals surface area contributed by atoms with Gasteiger partial charge in [-0.3, -0.25) is 0 Å². The summed E-state index contributed by atoms with van der Waals surface area (Å²) in [6.45, 7) is 8.12. The topological polar surface area (TPSA) is 29.5 Å². The van der Waals surface area contributed by atoms with Crippen LogP contribution in [0, 0.1) is 5.92 Å². The lowest BCUT2D eigenvalue weighted by atomic mass is 9.95. The van der Waals surface area contributed by atoms with Gasteiger partial charge in [-0.2, -0.15) is 0 Å². The van der Waals surface area contributed by atoms with E-state index in [9.17, 15) is 5.11 Å². The van der Waals surface area contributed by atoms with Crippen LogP contribution in [0.15, 0.2) is 24.3 Å². The smallest absolute Gasteiger partial charge is 0.119 e. The van der Waals surface area contributed by atoms with Crippen molar-refractivity contribution in [3.05, 3.63) is 29.8 Å². The number of methoxy groups -OCH3 is 1. The van der Waals surface area contributed by atoms with Gasteiger partial charge in [0.05, 0.1) is 13.2 Å². The van der Waals surface area contributed by atoms with E-state index in [1.807, 2.05) is 45.0 Å². The van der Waals surface area contributed by atoms with Crippen molar-refractivity contribution in [2.45, 2.75) is 40.2 Å². The normalized spacial score (nSPS) is 13.4. The summed E-state index contributed by atoms with van der Waals surface area (Å²) in [5.41, 5.74) is 0.929. The molecule has 0 saturated carbocycles. The molecule has 1 aromatic carbocycles. The maximum Gasteiger partial charge on any atom is 0.119 e. The maximum atomic E-state index is 9.95. The van der Waals surface area contributed by atoms with E-state index in [-0.39, 0.29) is 5.92 Å². The Morgan fingerprint density at radius 3 is 2.44 bits per heavy atom. The van der Waals surface area contributed by atoms with E-state index in [1.165, 1.54) is 0 Å². The third kappa shape index (κ3) is 4.23. The zero-order chi connectivity index (χ0) is 12.6. The van der Waals surface area contributed by atoms with Gasteiger partial charge < -0.3 is 9.84 Å². The van der Waals surface area contributed by atoms with Gasteiger partial charge in [0.25, 0.3) is 0 Å². The first-order valence-corrected chi connectivity index (χ1v) is 6.01. The summed E-state index contributed by atoms with van der Waals surface area (Å²) >= 11 is 0. The van der Waals surface area contributed by atoms with Crippen LogP contribution in [-0.2, 0) is 0 Å². The van der Waals surface area contributed by atoms with Crippen LogP contribution in [0.25, 0.3) is 0 Å². The molecule has 0 amide bonds. The van der Waals surface area contributed by atoms with E-state index in [0.717, 1.165) is 17.7 Å². The first-order chi connectivity index (χ1) is 7.69. The molecular formula is C14H24O2. The Morgan fingerprint density at radius 2 is 1.94 bits per heavy atom. The minimum absolute atomic E-state index is 0.280. The summed E-state index contributed by atoms with van der Waals surface area (Å²) < 4.78 is 5.11. The molecule has 0 spiro atoms. The molecule has 0 aliphatic heterocycles. The van der Waals surface area contributed by atoms with Crippen LogP contribution in [0.2, 0.25) is 0 Å². The largest absolute Gasteiger partial charge is 0.497 e. The molecule has 0 aliphatic rings. The van der Waals surface area contributed by atoms with E-state index in [1.54, 1.807) is 7.11 Å². The molecule has 16 heavy (non-hydrogen) atoms. The standard InChI is InChI=1S/C12H18O2.C2H6/c1-4-9(2)12(13)10-6-5-7-11(8-10)14-3;1-2/h5-9,12-13H,4H2,1-3H3;1-2H3. The van der Waals surface area contributed by atoms with Crippen molar-refractivity contribution in [2.75, 3.05) is 7.11 Å². The molecule has 2 heteroatoms. The monoisotopic (exact) mass is 224 g/mol. The summed E-state index contributed by atoms with van der Waals surface area (Å²) in [5, 5.41) is 9.95. The van der Waals surface area contributed by atoms with Gasteiger partial charge >= 0.3 is 0 Å². The molecule has 1 rings (SSSR count). The molecule has 2 atom stereocenters. The fraction of sp³-hybridized carbons (Fsp3) is 0.571. The van der Waals surface area contributed by atoms with Crippen molar-refractivity contribution in [3.8, 4) is 5.75 Å². The molecule has 1 N–H and O–H groups in total. The fourth-order valence-electron chi connectivity index (χ4n) is 1.38. The predicted octanol–water partition coefficient (Wildman–Crippen LogP) is 3.80. The summed E-state index contributed by atoms with van der Waals surface area (Å²) in [7, 11) is 1.63. The molecule has 0 aliphatic carbocycles. The van der Waals surface area contributed by atoms with Crippen LogP contribution < -0.4 is 4.74 Å². The van der Waals surface area contributed by atoms with Gasteiger partial charge in [-0.15, -0.1) is 0 Å². The maximum absolute atomic E-state index is 9.95. The second kappa shape index (κ2) is 8.17. The van der Waals surface area contributed by atoms with Crippen molar-refractivity contribution < 1.29 is 9.84 Å². The van der Waals surface area contributed by atoms with Gasteiger partial charge in [-0.1, -0.05) is 46.2 Å². The lowest BCUT2D eigenvalue weighted by Gasteiger charge is -2.17. The summed E-state index contributed by atoms with van der Waals surface area (Å²) in [4.78, 5) is 0. The average molecular weight is 224 g/mol. The van der Waals surface area contributed by atoms with Crippen LogP contribution in [0.3, 0.4) is 0 Å². The average Bonchev–Trinajstić information content (AvgIpc) is 2.39. The number of ether oxygens (including phenoxy) is 1. The van der Waals surface area contributed by atoms with Crippen molar-refractivity contribution in [1.29, 1.82) is 0 Å². The van der Waals surface area contributed by atoms with Crippen molar-refractivity contribution in [1.82, 2.24) is 0 Å². The lowest BCUT2D eigenvalue weighted by Crippen LogP contribution is -2.07. The molecule has 0 saturated heterocycles. The lowest BCUT2D eigenvalue weighted by molar-refractivity contribution is 0.115. The molecule has 2 unspecified atom stereocenters. The van der Waals surface area contributed by atoms with E-state index in [2.05, 4.69) is 6.92 Å². The Kier molecular flexibility index (Phi) is 7.65. The van der Waals surface area contributed by atoms with Gasteiger partial charge in [-0.05, 0) is 23.6 Å². The molecule has 2 nitrogen and oxygen atoms in total. The van der Waals surface area contributed by atoms with Crippen LogP contribution in [0.4, 0.5) is 0 Å². The Morgan fingerprint density at radius 1 is 1.31 bits per heavy atom. The number of hydrogen-bond acceptors (Lipinski definition) is 2. The number of rotatable bonds is 4. The highest BCUT2D eigenvalue weighted by molar-refractivity contribution is 5.29. The highest BCUT2D eigenvalue weighted by atomic mass is 16.5. The molecular weight excluding hydrogens is 200 g/mol. The number of hydrogen-bond donors (Lipinski definition) is 1. The Balaban J connectivity index is 0.00000106. The van der Waals surface area contributed by atoms with Crippen molar-refractivity contribution in [2.24, 2.45) is 5.92 Å². The summed E-state index contributed by atoms with van der Waals surface area (Å²) in [6.07, 6.45) is 0.577. The minimum atomic E-state index is -0.393. The Hall–Kier alpha value is -1.02. The second-order valence-corrected chi connectivity index (χ2v) is 3.61. The van der Waals surface area contributed by atoms with E-state index in [4.69, 9.17) is 4.74 Å². The molecule has 0 aromatic heterocycles. The van der Waals surface area contributed by atoms with E-state index >= 15 is 0 Å². The van der Waals surface area contributed by atoms with Gasteiger partial charge in [-0.25, -0.2) is 0 Å². The van der Waals surface area contributed by atoms with Gasteiger partial charge in [0.2, 0.25) is 0 Å². The molecule has 92 valence electrons. The molecule has 0 bridgehead atoms. The summed E-state index contributed by atoms with van der Waals surface area (Å²) in [6, 6.07) is 7.60. The first kappa shape index (κ1) is 15.0. The summed E-state index contributed by atoms with van der Waals surface area (Å²) in [5.74, 6) is 1.08. The minimum Gasteiger partial charge on any atom is -0.497 e. The first-order valence-electron chi connectivity index (χ1n) is 6.01. The SMILES string of the molecule is CC.CCC(C)C(O)c1cccc(OC)c1. The fourth-order valence-corrected chi connectivity index (χ4v) is 1.38. The number of benzene rings is 1. The molecule has 0 heterocycles.